The van der Waals surface area contributed by atoms with Gasteiger partial charge in [0.1, 0.15) is 5.75 Å². The molecule has 0 saturated carbocycles. The van der Waals surface area contributed by atoms with Crippen molar-refractivity contribution in [3.63, 3.8) is 0 Å². The summed E-state index contributed by atoms with van der Waals surface area (Å²) in [6.07, 6.45) is 2.42. The quantitative estimate of drug-likeness (QED) is 0.766. The Hall–Kier alpha value is -1.64. The van der Waals surface area contributed by atoms with Gasteiger partial charge in [0.15, 0.2) is 0 Å². The van der Waals surface area contributed by atoms with Crippen LogP contribution in [-0.4, -0.2) is 81.6 Å². The fourth-order valence-corrected chi connectivity index (χ4v) is 4.92. The van der Waals surface area contributed by atoms with Crippen LogP contribution in [0.25, 0.3) is 0 Å². The van der Waals surface area contributed by atoms with Gasteiger partial charge in [-0.05, 0) is 26.0 Å². The highest BCUT2D eigenvalue weighted by atomic mass is 32.2. The van der Waals surface area contributed by atoms with Gasteiger partial charge in [0.2, 0.25) is 15.9 Å². The van der Waals surface area contributed by atoms with Crippen molar-refractivity contribution in [3.05, 3.63) is 29.8 Å². The van der Waals surface area contributed by atoms with Crippen LogP contribution in [-0.2, 0) is 14.8 Å². The molecule has 27 heavy (non-hydrogen) atoms. The average Bonchev–Trinajstić information content (AvgIpc) is 2.67. The Kier molecular flexibility index (Phi) is 6.08. The summed E-state index contributed by atoms with van der Waals surface area (Å²) in [5.74, 6) is 0.894. The summed E-state index contributed by atoms with van der Waals surface area (Å²) >= 11 is 0. The van der Waals surface area contributed by atoms with E-state index in [-0.39, 0.29) is 17.9 Å². The lowest BCUT2D eigenvalue weighted by Gasteiger charge is -2.42. The van der Waals surface area contributed by atoms with E-state index in [0.29, 0.717) is 39.0 Å². The molecule has 0 aromatic heterocycles. The molecule has 2 fully saturated rings. The first-order chi connectivity index (χ1) is 12.8. The standard InChI is InChI=1S/C19H29N3O4S/c1-20-12-13-21(14-17(20)16-6-4-5-7-18(16)26-2)19(23)15-8-10-22(11-9-15)27(3,24)25/h4-7,15,17H,8-14H2,1-3H3. The highest BCUT2D eigenvalue weighted by molar-refractivity contribution is 7.88. The molecule has 3 rings (SSSR count). The third-order valence-electron chi connectivity index (χ3n) is 5.73. The van der Waals surface area contributed by atoms with Crippen LogP contribution in [0.3, 0.4) is 0 Å². The number of sulfonamides is 1. The van der Waals surface area contributed by atoms with Crippen LogP contribution < -0.4 is 4.74 Å². The normalized spacial score (nSPS) is 23.4. The van der Waals surface area contributed by atoms with Crippen LogP contribution in [0.15, 0.2) is 24.3 Å². The monoisotopic (exact) mass is 395 g/mol. The number of nitrogens with zero attached hydrogens (tertiary/aromatic N) is 3. The summed E-state index contributed by atoms with van der Waals surface area (Å²) < 4.78 is 30.3. The molecular weight excluding hydrogens is 366 g/mol. The second kappa shape index (κ2) is 8.16. The number of carbonyl (C=O) groups excluding carboxylic acids is 1. The number of para-hydroxylation sites is 1. The largest absolute Gasteiger partial charge is 0.496 e. The predicted octanol–water partition coefficient (Wildman–Crippen LogP) is 1.18. The second-order valence-electron chi connectivity index (χ2n) is 7.46. The van der Waals surface area contributed by atoms with Crippen molar-refractivity contribution in [3.8, 4) is 5.75 Å². The Morgan fingerprint density at radius 3 is 2.41 bits per heavy atom. The van der Waals surface area contributed by atoms with Crippen molar-refractivity contribution in [1.82, 2.24) is 14.1 Å². The van der Waals surface area contributed by atoms with Crippen LogP contribution in [0, 0.1) is 5.92 Å². The van der Waals surface area contributed by atoms with E-state index in [2.05, 4.69) is 18.0 Å². The molecule has 7 nitrogen and oxygen atoms in total. The number of piperazine rings is 1. The minimum Gasteiger partial charge on any atom is -0.496 e. The first kappa shape index (κ1) is 20.1. The lowest BCUT2D eigenvalue weighted by atomic mass is 9.95. The van der Waals surface area contributed by atoms with Crippen molar-refractivity contribution in [2.24, 2.45) is 5.92 Å². The molecule has 0 N–H and O–H groups in total. The van der Waals surface area contributed by atoms with E-state index < -0.39 is 10.0 Å². The average molecular weight is 396 g/mol. The van der Waals surface area contributed by atoms with Gasteiger partial charge in [0.05, 0.1) is 19.4 Å². The number of piperidine rings is 1. The van der Waals surface area contributed by atoms with E-state index in [1.165, 1.54) is 10.6 Å². The Balaban J connectivity index is 1.68. The van der Waals surface area contributed by atoms with Gasteiger partial charge in [-0.15, -0.1) is 0 Å². The van der Waals surface area contributed by atoms with E-state index in [0.717, 1.165) is 17.9 Å². The Morgan fingerprint density at radius 2 is 1.78 bits per heavy atom. The number of carbonyl (C=O) groups is 1. The summed E-state index contributed by atoms with van der Waals surface area (Å²) in [5.41, 5.74) is 1.09. The molecule has 1 amide bonds. The number of ether oxygens (including phenoxy) is 1. The number of methoxy groups -OCH3 is 1. The maximum Gasteiger partial charge on any atom is 0.225 e. The van der Waals surface area contributed by atoms with Crippen LogP contribution in [0.4, 0.5) is 0 Å². The first-order valence-electron chi connectivity index (χ1n) is 9.38. The molecule has 2 aliphatic rings. The lowest BCUT2D eigenvalue weighted by molar-refractivity contribution is -0.139. The molecule has 1 atom stereocenters. The third-order valence-corrected chi connectivity index (χ3v) is 7.03. The zero-order valence-corrected chi connectivity index (χ0v) is 17.1. The number of rotatable bonds is 4. The maximum atomic E-state index is 13.1. The minimum absolute atomic E-state index is 0.0926. The van der Waals surface area contributed by atoms with Crippen LogP contribution in [0.2, 0.25) is 0 Å². The predicted molar refractivity (Wildman–Crippen MR) is 104 cm³/mol. The number of amides is 1. The van der Waals surface area contributed by atoms with E-state index in [9.17, 15) is 13.2 Å². The van der Waals surface area contributed by atoms with Crippen molar-refractivity contribution < 1.29 is 17.9 Å². The van der Waals surface area contributed by atoms with Gasteiger partial charge < -0.3 is 9.64 Å². The number of likely N-dealkylation sites (N-methyl/N-ethyl adjacent to an activating group) is 1. The van der Waals surface area contributed by atoms with Crippen molar-refractivity contribution in [2.75, 3.05) is 53.1 Å². The summed E-state index contributed by atoms with van der Waals surface area (Å²) in [4.78, 5) is 17.3. The first-order valence-corrected chi connectivity index (χ1v) is 11.2. The summed E-state index contributed by atoms with van der Waals surface area (Å²) in [6.45, 7) is 2.99. The highest BCUT2D eigenvalue weighted by Crippen LogP contribution is 2.32. The Morgan fingerprint density at radius 1 is 1.11 bits per heavy atom. The molecule has 1 aromatic carbocycles. The SMILES string of the molecule is COc1ccccc1C1CN(C(=O)C2CCN(S(C)(=O)=O)CC2)CCN1C. The van der Waals surface area contributed by atoms with Gasteiger partial charge in [-0.3, -0.25) is 9.69 Å². The molecule has 0 aliphatic carbocycles. The van der Waals surface area contributed by atoms with E-state index >= 15 is 0 Å². The van der Waals surface area contributed by atoms with Gasteiger partial charge in [-0.25, -0.2) is 12.7 Å². The summed E-state index contributed by atoms with van der Waals surface area (Å²) in [7, 11) is 0.568. The number of benzene rings is 1. The van der Waals surface area contributed by atoms with Gasteiger partial charge >= 0.3 is 0 Å². The molecule has 2 aliphatic heterocycles. The highest BCUT2D eigenvalue weighted by Gasteiger charge is 2.35. The Labute approximate surface area is 161 Å². The molecule has 0 bridgehead atoms. The van der Waals surface area contributed by atoms with E-state index in [4.69, 9.17) is 4.74 Å². The van der Waals surface area contributed by atoms with Crippen molar-refractivity contribution >= 4 is 15.9 Å². The zero-order valence-electron chi connectivity index (χ0n) is 16.3. The molecule has 2 heterocycles. The Bertz CT molecular complexity index is 775. The van der Waals surface area contributed by atoms with Crippen molar-refractivity contribution in [1.29, 1.82) is 0 Å². The molecule has 8 heteroatoms. The second-order valence-corrected chi connectivity index (χ2v) is 9.44. The lowest BCUT2D eigenvalue weighted by Crippen LogP contribution is -2.52. The van der Waals surface area contributed by atoms with Gasteiger partial charge in [0.25, 0.3) is 0 Å². The minimum atomic E-state index is -3.17. The molecular formula is C19H29N3O4S. The molecule has 1 aromatic rings. The molecule has 2 saturated heterocycles. The summed E-state index contributed by atoms with van der Waals surface area (Å²) in [5, 5.41) is 0. The van der Waals surface area contributed by atoms with Gasteiger partial charge in [-0.2, -0.15) is 0 Å². The number of hydrogen-bond acceptors (Lipinski definition) is 5. The molecule has 0 spiro atoms. The van der Waals surface area contributed by atoms with Crippen molar-refractivity contribution in [2.45, 2.75) is 18.9 Å². The van der Waals surface area contributed by atoms with Crippen LogP contribution in [0.5, 0.6) is 5.75 Å². The summed E-state index contributed by atoms with van der Waals surface area (Å²) in [6, 6.07) is 8.04. The fraction of sp³-hybridized carbons (Fsp3) is 0.632. The zero-order chi connectivity index (χ0) is 19.6. The smallest absolute Gasteiger partial charge is 0.225 e. The molecule has 150 valence electrons. The van der Waals surface area contributed by atoms with Gasteiger partial charge in [0, 0.05) is 44.2 Å². The maximum absolute atomic E-state index is 13.1. The van der Waals surface area contributed by atoms with E-state index in [1.54, 1.807) is 7.11 Å². The topological polar surface area (TPSA) is 70.2 Å². The molecule has 0 radical (unpaired) electrons. The van der Waals surface area contributed by atoms with Crippen LogP contribution in [0.1, 0.15) is 24.4 Å². The number of hydrogen-bond donors (Lipinski definition) is 0. The van der Waals surface area contributed by atoms with Crippen LogP contribution >= 0.6 is 0 Å². The third kappa shape index (κ3) is 4.44. The fourth-order valence-electron chi connectivity index (χ4n) is 4.04. The van der Waals surface area contributed by atoms with Gasteiger partial charge in [-0.1, -0.05) is 18.2 Å². The molecule has 1 unspecified atom stereocenters. The van der Waals surface area contributed by atoms with E-state index in [1.807, 2.05) is 23.1 Å².